The van der Waals surface area contributed by atoms with Crippen LogP contribution < -0.4 is 9.47 Å². The highest BCUT2D eigenvalue weighted by Crippen LogP contribution is 2.33. The Labute approximate surface area is 326 Å². The van der Waals surface area contributed by atoms with Gasteiger partial charge in [-0.05, 0) is 54.8 Å². The standard InChI is InChI=1S/C37H50O20/c1-16-26(42)28(44)31(47)37(53-16)57-34-32(48)36(51-11-10-18-5-8-20(40)22(13-18)50-3)55-24(15-52-35-30(46)29(45)27(43)23(14-38)54-35)33(34)56-25(41)9-6-17-4-7-19(39)21(12-17)49-2/h4-9,12-13,16,23-24,26-40,42-48H,10-11,14-15H2,1-3H3/t16-,23-,24-,26-,27+,28+,29+,30+,31-,32-,33+,34+,35+,36-,37-/m0/s1. The van der Waals surface area contributed by atoms with Gasteiger partial charge < -0.3 is 93.7 Å². The molecule has 3 heterocycles. The smallest absolute Gasteiger partial charge is 0.331 e. The number of carbonyl (C=O) groups excluding carboxylic acids is 1. The van der Waals surface area contributed by atoms with Crippen LogP contribution in [0.2, 0.25) is 0 Å². The van der Waals surface area contributed by atoms with E-state index < -0.39 is 111 Å². The van der Waals surface area contributed by atoms with Crippen molar-refractivity contribution in [3.8, 4) is 23.0 Å². The van der Waals surface area contributed by atoms with Crippen LogP contribution in [0.25, 0.3) is 6.08 Å². The van der Waals surface area contributed by atoms with E-state index in [1.54, 1.807) is 12.1 Å². The number of ether oxygens (including phenoxy) is 9. The van der Waals surface area contributed by atoms with Crippen molar-refractivity contribution in [2.24, 2.45) is 0 Å². The first kappa shape index (κ1) is 44.4. The molecule has 0 amide bonds. The minimum atomic E-state index is -1.86. The molecule has 15 atom stereocenters. The molecular formula is C37H50O20. The molecule has 0 bridgehead atoms. The van der Waals surface area contributed by atoms with E-state index in [4.69, 9.17) is 42.6 Å². The largest absolute Gasteiger partial charge is 0.504 e. The topological polar surface area (TPSA) is 302 Å². The van der Waals surface area contributed by atoms with Crippen molar-refractivity contribution in [2.45, 2.75) is 105 Å². The molecular weight excluding hydrogens is 764 g/mol. The van der Waals surface area contributed by atoms with Gasteiger partial charge in [0.05, 0.1) is 40.1 Å². The summed E-state index contributed by atoms with van der Waals surface area (Å²) in [6.45, 7) is -0.111. The second-order valence-electron chi connectivity index (χ2n) is 13.6. The lowest BCUT2D eigenvalue weighted by Gasteiger charge is -2.47. The van der Waals surface area contributed by atoms with Crippen molar-refractivity contribution >= 4 is 12.0 Å². The summed E-state index contributed by atoms with van der Waals surface area (Å²) in [7, 11) is 2.72. The summed E-state index contributed by atoms with van der Waals surface area (Å²) in [4.78, 5) is 13.4. The summed E-state index contributed by atoms with van der Waals surface area (Å²) in [6, 6.07) is 8.86. The third kappa shape index (κ3) is 10.5. The molecule has 0 saturated carbocycles. The SMILES string of the molecule is COc1cc(C=CC(=O)O[C@H]2[C@H](O[C@@H]3O[C@@H](C)[C@H](O)[C@@H](O)[C@@H]3O)[C@H](O)[C@@H](OCCc3ccc(O)c(OC)c3)O[C@H]2CO[C@@H]2O[C@@H](CO)[C@@H](O)[C@@H](O)[C@H]2O)ccc1O. The molecule has 0 aromatic heterocycles. The first-order valence-electron chi connectivity index (χ1n) is 18.0. The number of rotatable bonds is 15. The van der Waals surface area contributed by atoms with E-state index in [9.17, 15) is 55.9 Å². The normalized spacial score (nSPS) is 35.9. The Morgan fingerprint density at radius 1 is 0.702 bits per heavy atom. The van der Waals surface area contributed by atoms with Crippen LogP contribution in [-0.2, 0) is 44.4 Å². The molecule has 3 aliphatic rings. The van der Waals surface area contributed by atoms with Crippen LogP contribution in [0.15, 0.2) is 42.5 Å². The lowest BCUT2D eigenvalue weighted by atomic mass is 9.96. The molecule has 20 nitrogen and oxygen atoms in total. The van der Waals surface area contributed by atoms with Gasteiger partial charge in [0.25, 0.3) is 0 Å². The third-order valence-corrected chi connectivity index (χ3v) is 9.77. The van der Waals surface area contributed by atoms with Gasteiger partial charge in [0.2, 0.25) is 0 Å². The maximum atomic E-state index is 13.4. The first-order chi connectivity index (χ1) is 27.2. The van der Waals surface area contributed by atoms with Gasteiger partial charge in [-0.2, -0.15) is 0 Å². The number of hydrogen-bond acceptors (Lipinski definition) is 20. The number of phenolic OH excluding ortho intramolecular Hbond substituents is 2. The fourth-order valence-corrected chi connectivity index (χ4v) is 6.45. The molecule has 2 aromatic rings. The molecule has 0 aliphatic carbocycles. The number of benzene rings is 2. The summed E-state index contributed by atoms with van der Waals surface area (Å²) in [6.07, 6.45) is -21.9. The molecule has 0 radical (unpaired) electrons. The molecule has 20 heteroatoms. The number of phenols is 2. The first-order valence-corrected chi connectivity index (χ1v) is 18.0. The van der Waals surface area contributed by atoms with Crippen molar-refractivity contribution in [1.29, 1.82) is 0 Å². The van der Waals surface area contributed by atoms with Gasteiger partial charge in [-0.15, -0.1) is 0 Å². The van der Waals surface area contributed by atoms with E-state index in [0.29, 0.717) is 11.1 Å². The van der Waals surface area contributed by atoms with Gasteiger partial charge >= 0.3 is 5.97 Å². The Kier molecular flexibility index (Phi) is 15.4. The second-order valence-corrected chi connectivity index (χ2v) is 13.6. The molecule has 2 aromatic carbocycles. The van der Waals surface area contributed by atoms with Gasteiger partial charge in [-0.25, -0.2) is 4.79 Å². The highest BCUT2D eigenvalue weighted by atomic mass is 16.8. The average Bonchev–Trinajstić information content (AvgIpc) is 3.20. The van der Waals surface area contributed by atoms with Gasteiger partial charge in [-0.1, -0.05) is 12.1 Å². The van der Waals surface area contributed by atoms with Crippen LogP contribution >= 0.6 is 0 Å². The van der Waals surface area contributed by atoms with E-state index in [1.807, 2.05) is 0 Å². The van der Waals surface area contributed by atoms with Crippen LogP contribution in [0.4, 0.5) is 0 Å². The number of aliphatic hydroxyl groups is 8. The highest BCUT2D eigenvalue weighted by molar-refractivity contribution is 5.87. The summed E-state index contributed by atoms with van der Waals surface area (Å²) >= 11 is 0. The Hall–Kier alpha value is -3.71. The molecule has 0 spiro atoms. The average molecular weight is 815 g/mol. The van der Waals surface area contributed by atoms with E-state index in [0.717, 1.165) is 6.08 Å². The maximum Gasteiger partial charge on any atom is 0.331 e. The molecule has 318 valence electrons. The van der Waals surface area contributed by atoms with Crippen molar-refractivity contribution < 1.29 is 98.5 Å². The second kappa shape index (κ2) is 19.8. The number of hydrogen-bond donors (Lipinski definition) is 10. The molecule has 3 fully saturated rings. The van der Waals surface area contributed by atoms with Gasteiger partial charge in [-0.3, -0.25) is 0 Å². The van der Waals surface area contributed by atoms with Crippen LogP contribution in [0.3, 0.4) is 0 Å². The number of methoxy groups -OCH3 is 2. The number of esters is 1. The van der Waals surface area contributed by atoms with E-state index in [2.05, 4.69) is 0 Å². The molecule has 5 rings (SSSR count). The Morgan fingerprint density at radius 2 is 1.32 bits per heavy atom. The lowest BCUT2D eigenvalue weighted by molar-refractivity contribution is -0.364. The van der Waals surface area contributed by atoms with Crippen molar-refractivity contribution in [3.63, 3.8) is 0 Å². The molecule has 57 heavy (non-hydrogen) atoms. The Balaban J connectivity index is 1.44. The van der Waals surface area contributed by atoms with E-state index in [-0.39, 0.29) is 36.0 Å². The number of carbonyl (C=O) groups is 1. The van der Waals surface area contributed by atoms with E-state index in [1.165, 1.54) is 51.5 Å². The summed E-state index contributed by atoms with van der Waals surface area (Å²) < 4.78 is 50.9. The van der Waals surface area contributed by atoms with E-state index >= 15 is 0 Å². The minimum Gasteiger partial charge on any atom is -0.504 e. The minimum absolute atomic E-state index is 0.0901. The highest BCUT2D eigenvalue weighted by Gasteiger charge is 2.53. The fourth-order valence-electron chi connectivity index (χ4n) is 6.45. The Bertz CT molecular complexity index is 1640. The summed E-state index contributed by atoms with van der Waals surface area (Å²) in [5, 5.41) is 104. The fraction of sp³-hybridized carbons (Fsp3) is 0.595. The van der Waals surface area contributed by atoms with Crippen molar-refractivity contribution in [3.05, 3.63) is 53.6 Å². The predicted octanol–water partition coefficient (Wildman–Crippen LogP) is -2.59. The van der Waals surface area contributed by atoms with Crippen molar-refractivity contribution in [2.75, 3.05) is 34.0 Å². The van der Waals surface area contributed by atoms with Crippen LogP contribution in [0.5, 0.6) is 23.0 Å². The number of aliphatic hydroxyl groups excluding tert-OH is 8. The third-order valence-electron chi connectivity index (χ3n) is 9.77. The molecule has 0 unspecified atom stereocenters. The monoisotopic (exact) mass is 814 g/mol. The molecule has 3 aliphatic heterocycles. The van der Waals surface area contributed by atoms with Crippen LogP contribution in [-0.4, -0.2) is 183 Å². The van der Waals surface area contributed by atoms with Crippen LogP contribution in [0, 0.1) is 0 Å². The number of aromatic hydroxyl groups is 2. The molecule has 10 N–H and O–H groups in total. The molecule has 3 saturated heterocycles. The Morgan fingerprint density at radius 3 is 2.00 bits per heavy atom. The lowest BCUT2D eigenvalue weighted by Crippen LogP contribution is -2.65. The zero-order valence-electron chi connectivity index (χ0n) is 31.2. The maximum absolute atomic E-state index is 13.4. The van der Waals surface area contributed by atoms with Gasteiger partial charge in [0.1, 0.15) is 61.0 Å². The quantitative estimate of drug-likeness (QED) is 0.0652. The zero-order chi connectivity index (χ0) is 41.6. The zero-order valence-corrected chi connectivity index (χ0v) is 31.2. The summed E-state index contributed by atoms with van der Waals surface area (Å²) in [5.74, 6) is -0.935. The summed E-state index contributed by atoms with van der Waals surface area (Å²) in [5.41, 5.74) is 1.08. The predicted molar refractivity (Wildman–Crippen MR) is 190 cm³/mol. The van der Waals surface area contributed by atoms with Gasteiger partial charge in [0, 0.05) is 6.08 Å². The van der Waals surface area contributed by atoms with Crippen molar-refractivity contribution in [1.82, 2.24) is 0 Å². The van der Waals surface area contributed by atoms with Gasteiger partial charge in [0.15, 0.2) is 48.0 Å². The van der Waals surface area contributed by atoms with Crippen LogP contribution in [0.1, 0.15) is 18.1 Å².